The Bertz CT molecular complexity index is 552. The molecule has 0 spiro atoms. The number of nitrogens with zero attached hydrogens (tertiary/aromatic N) is 3. The van der Waals surface area contributed by atoms with Crippen molar-refractivity contribution in [3.8, 4) is 0 Å². The number of benzene rings is 1. The summed E-state index contributed by atoms with van der Waals surface area (Å²) >= 11 is 5.98. The number of fused-ring (bicyclic) bond motifs is 1. The van der Waals surface area contributed by atoms with Crippen LogP contribution in [0.1, 0.15) is 0 Å². The molecule has 0 saturated heterocycles. The van der Waals surface area contributed by atoms with Crippen molar-refractivity contribution >= 4 is 28.2 Å². The number of non-ortho nitro benzene ring substituents is 1. The van der Waals surface area contributed by atoms with Gasteiger partial charge in [0.2, 0.25) is 0 Å². The maximum absolute atomic E-state index is 10.6. The van der Waals surface area contributed by atoms with Crippen LogP contribution in [-0.2, 0) is 6.54 Å². The van der Waals surface area contributed by atoms with Crippen LogP contribution < -0.4 is 5.73 Å². The van der Waals surface area contributed by atoms with Gasteiger partial charge in [-0.15, -0.1) is 0 Å². The van der Waals surface area contributed by atoms with Crippen molar-refractivity contribution in [2.75, 3.05) is 6.54 Å². The standard InChI is InChI=1S/C9H9ClN4O2/c10-8-4-7(14(15)16)3-6-5-12-13(2-1-11)9(6)8/h3-5H,1-2,11H2. The molecule has 16 heavy (non-hydrogen) atoms. The van der Waals surface area contributed by atoms with E-state index in [1.54, 1.807) is 10.9 Å². The molecule has 0 aliphatic heterocycles. The summed E-state index contributed by atoms with van der Waals surface area (Å²) in [5, 5.41) is 15.7. The Hall–Kier alpha value is -1.66. The van der Waals surface area contributed by atoms with Crippen LogP contribution in [0.4, 0.5) is 5.69 Å². The predicted octanol–water partition coefficient (Wildman–Crippen LogP) is 1.56. The molecule has 84 valence electrons. The average Bonchev–Trinajstić information content (AvgIpc) is 2.62. The first kappa shape index (κ1) is 10.8. The van der Waals surface area contributed by atoms with Gasteiger partial charge in [-0.25, -0.2) is 0 Å². The molecule has 0 aliphatic carbocycles. The minimum Gasteiger partial charge on any atom is -0.329 e. The highest BCUT2D eigenvalue weighted by molar-refractivity contribution is 6.35. The molecule has 0 radical (unpaired) electrons. The maximum Gasteiger partial charge on any atom is 0.271 e. The quantitative estimate of drug-likeness (QED) is 0.651. The number of hydrogen-bond donors (Lipinski definition) is 1. The van der Waals surface area contributed by atoms with E-state index in [0.29, 0.717) is 29.0 Å². The SMILES string of the molecule is NCCn1ncc2cc([N+](=O)[O-])cc(Cl)c21. The van der Waals surface area contributed by atoms with Gasteiger partial charge in [-0.3, -0.25) is 14.8 Å². The van der Waals surface area contributed by atoms with E-state index in [-0.39, 0.29) is 5.69 Å². The number of nitrogens with two attached hydrogens (primary N) is 1. The number of nitro groups is 1. The van der Waals surface area contributed by atoms with Crippen LogP contribution in [0.15, 0.2) is 18.3 Å². The van der Waals surface area contributed by atoms with Crippen molar-refractivity contribution in [2.45, 2.75) is 6.54 Å². The monoisotopic (exact) mass is 240 g/mol. The second-order valence-electron chi connectivity index (χ2n) is 3.28. The lowest BCUT2D eigenvalue weighted by atomic mass is 10.2. The molecule has 1 aromatic heterocycles. The van der Waals surface area contributed by atoms with Gasteiger partial charge in [0.15, 0.2) is 0 Å². The second kappa shape index (κ2) is 4.07. The van der Waals surface area contributed by atoms with E-state index >= 15 is 0 Å². The molecule has 1 heterocycles. The third kappa shape index (κ3) is 1.72. The van der Waals surface area contributed by atoms with Crippen LogP contribution in [-0.4, -0.2) is 21.2 Å². The highest BCUT2D eigenvalue weighted by atomic mass is 35.5. The van der Waals surface area contributed by atoms with E-state index in [1.165, 1.54) is 12.1 Å². The molecule has 2 rings (SSSR count). The van der Waals surface area contributed by atoms with E-state index in [9.17, 15) is 10.1 Å². The van der Waals surface area contributed by atoms with Gasteiger partial charge in [0, 0.05) is 24.1 Å². The van der Waals surface area contributed by atoms with Crippen molar-refractivity contribution < 1.29 is 4.92 Å². The zero-order valence-electron chi connectivity index (χ0n) is 8.26. The fourth-order valence-corrected chi connectivity index (χ4v) is 1.88. The zero-order valence-corrected chi connectivity index (χ0v) is 9.02. The first-order chi connectivity index (χ1) is 7.63. The lowest BCUT2D eigenvalue weighted by Crippen LogP contribution is -2.10. The number of halogens is 1. The van der Waals surface area contributed by atoms with E-state index in [1.807, 2.05) is 0 Å². The second-order valence-corrected chi connectivity index (χ2v) is 3.69. The van der Waals surface area contributed by atoms with Crippen LogP contribution in [0.3, 0.4) is 0 Å². The predicted molar refractivity (Wildman–Crippen MR) is 60.5 cm³/mol. The van der Waals surface area contributed by atoms with E-state index in [4.69, 9.17) is 17.3 Å². The molecule has 0 fully saturated rings. The largest absolute Gasteiger partial charge is 0.329 e. The van der Waals surface area contributed by atoms with Crippen molar-refractivity contribution in [1.82, 2.24) is 9.78 Å². The molecule has 1 aromatic carbocycles. The Morgan fingerprint density at radius 3 is 2.94 bits per heavy atom. The number of nitro benzene ring substituents is 1. The van der Waals surface area contributed by atoms with E-state index in [2.05, 4.69) is 5.10 Å². The fourth-order valence-electron chi connectivity index (χ4n) is 1.56. The molecule has 0 atom stereocenters. The Kier molecular flexibility index (Phi) is 2.76. The third-order valence-electron chi connectivity index (χ3n) is 2.22. The number of rotatable bonds is 3. The van der Waals surface area contributed by atoms with Gasteiger partial charge >= 0.3 is 0 Å². The summed E-state index contributed by atoms with van der Waals surface area (Å²) in [5.41, 5.74) is 6.07. The van der Waals surface area contributed by atoms with Gasteiger partial charge in [-0.1, -0.05) is 11.6 Å². The van der Waals surface area contributed by atoms with E-state index < -0.39 is 4.92 Å². The Labute approximate surface area is 95.7 Å². The molecule has 2 N–H and O–H groups in total. The Balaban J connectivity index is 2.64. The summed E-state index contributed by atoms with van der Waals surface area (Å²) in [6, 6.07) is 2.76. The molecular weight excluding hydrogens is 232 g/mol. The maximum atomic E-state index is 10.6. The highest BCUT2D eigenvalue weighted by Crippen LogP contribution is 2.28. The summed E-state index contributed by atoms with van der Waals surface area (Å²) in [6.45, 7) is 0.963. The van der Waals surface area contributed by atoms with Gasteiger partial charge in [0.1, 0.15) is 0 Å². The third-order valence-corrected chi connectivity index (χ3v) is 2.51. The first-order valence-corrected chi connectivity index (χ1v) is 5.01. The lowest BCUT2D eigenvalue weighted by Gasteiger charge is -2.02. The normalized spacial score (nSPS) is 10.9. The Morgan fingerprint density at radius 1 is 1.56 bits per heavy atom. The van der Waals surface area contributed by atoms with E-state index in [0.717, 1.165) is 0 Å². The topological polar surface area (TPSA) is 87.0 Å². The Morgan fingerprint density at radius 2 is 2.31 bits per heavy atom. The smallest absolute Gasteiger partial charge is 0.271 e. The summed E-state index contributed by atoms with van der Waals surface area (Å²) in [5.74, 6) is 0. The summed E-state index contributed by atoms with van der Waals surface area (Å²) < 4.78 is 1.64. The lowest BCUT2D eigenvalue weighted by molar-refractivity contribution is -0.384. The molecule has 2 aromatic rings. The van der Waals surface area contributed by atoms with Crippen molar-refractivity contribution in [1.29, 1.82) is 0 Å². The van der Waals surface area contributed by atoms with Gasteiger partial charge in [-0.05, 0) is 0 Å². The van der Waals surface area contributed by atoms with Gasteiger partial charge < -0.3 is 5.73 Å². The first-order valence-electron chi connectivity index (χ1n) is 4.63. The molecule has 0 saturated carbocycles. The summed E-state index contributed by atoms with van der Waals surface area (Å²) in [6.07, 6.45) is 1.55. The summed E-state index contributed by atoms with van der Waals surface area (Å²) in [4.78, 5) is 10.1. The van der Waals surface area contributed by atoms with Crippen LogP contribution in [0.25, 0.3) is 10.9 Å². The van der Waals surface area contributed by atoms with Crippen LogP contribution in [0, 0.1) is 10.1 Å². The van der Waals surface area contributed by atoms with Crippen LogP contribution in [0.2, 0.25) is 5.02 Å². The molecule has 0 aliphatic rings. The molecule has 0 unspecified atom stereocenters. The minimum atomic E-state index is -0.481. The van der Waals surface area contributed by atoms with Gasteiger partial charge in [0.05, 0.1) is 28.2 Å². The van der Waals surface area contributed by atoms with Gasteiger partial charge in [0.25, 0.3) is 5.69 Å². The number of aromatic nitrogens is 2. The van der Waals surface area contributed by atoms with Crippen molar-refractivity contribution in [3.63, 3.8) is 0 Å². The number of hydrogen-bond acceptors (Lipinski definition) is 4. The van der Waals surface area contributed by atoms with Crippen LogP contribution >= 0.6 is 11.6 Å². The molecule has 6 nitrogen and oxygen atoms in total. The zero-order chi connectivity index (χ0) is 11.7. The van der Waals surface area contributed by atoms with Crippen molar-refractivity contribution in [3.05, 3.63) is 33.5 Å². The molecular formula is C9H9ClN4O2. The van der Waals surface area contributed by atoms with Crippen LogP contribution in [0.5, 0.6) is 0 Å². The molecule has 0 bridgehead atoms. The van der Waals surface area contributed by atoms with Gasteiger partial charge in [-0.2, -0.15) is 5.10 Å². The van der Waals surface area contributed by atoms with Crippen molar-refractivity contribution in [2.24, 2.45) is 5.73 Å². The fraction of sp³-hybridized carbons (Fsp3) is 0.222. The minimum absolute atomic E-state index is 0.0372. The molecule has 7 heteroatoms. The molecule has 0 amide bonds. The highest BCUT2D eigenvalue weighted by Gasteiger charge is 2.13. The summed E-state index contributed by atoms with van der Waals surface area (Å²) in [7, 11) is 0. The average molecular weight is 241 g/mol.